The molecule has 176 valence electrons. The maximum Gasteiger partial charge on any atom is 0.248 e. The topological polar surface area (TPSA) is 66.6 Å². The highest BCUT2D eigenvalue weighted by Crippen LogP contribution is 2.36. The Morgan fingerprint density at radius 1 is 0.853 bits per heavy atom. The molecule has 1 heterocycles. The van der Waals surface area contributed by atoms with E-state index in [-0.39, 0.29) is 11.2 Å². The summed E-state index contributed by atoms with van der Waals surface area (Å²) in [4.78, 5) is 28.5. The molecular weight excluding hydrogens is 466 g/mol. The Morgan fingerprint density at radius 3 is 2.09 bits per heavy atom. The molecule has 0 radical (unpaired) electrons. The third-order valence-electron chi connectivity index (χ3n) is 6.02. The second-order valence-corrected chi connectivity index (χ2v) is 9.90. The molecule has 7 heteroatoms. The lowest BCUT2D eigenvalue weighted by molar-refractivity contribution is -0.130. The number of benzene rings is 3. The lowest BCUT2D eigenvalue weighted by atomic mass is 10.0. The Kier molecular flexibility index (Phi) is 8.27. The fourth-order valence-electron chi connectivity index (χ4n) is 4.08. The normalized spacial score (nSPS) is 15.1. The molecule has 0 spiro atoms. The van der Waals surface area contributed by atoms with Crippen molar-refractivity contribution in [3.05, 3.63) is 106 Å². The largest absolute Gasteiger partial charge is 0.366 e. The van der Waals surface area contributed by atoms with Gasteiger partial charge >= 0.3 is 0 Å². The standard InChI is InChI=1S/C27H28ClN3O2S/c28-24-12-10-22(11-13-24)26(21-4-2-1-3-5-21)34-19-25(32)31-16-14-30(15-17-31)18-20-6-8-23(9-7-20)27(29)33/h1-13,26H,14-19H2,(H2,29,33). The molecule has 34 heavy (non-hydrogen) atoms. The molecule has 1 saturated heterocycles. The van der Waals surface area contributed by atoms with Gasteiger partial charge in [-0.05, 0) is 41.0 Å². The SMILES string of the molecule is NC(=O)c1ccc(CN2CCN(C(=O)CSC(c3ccccc3)c3ccc(Cl)cc3)CC2)cc1. The minimum absolute atomic E-state index is 0.0760. The lowest BCUT2D eigenvalue weighted by Gasteiger charge is -2.35. The second-order valence-electron chi connectivity index (χ2n) is 8.37. The predicted octanol–water partition coefficient (Wildman–Crippen LogP) is 4.61. The maximum atomic E-state index is 13.0. The third-order valence-corrected chi connectivity index (χ3v) is 7.56. The van der Waals surface area contributed by atoms with E-state index in [1.807, 2.05) is 59.5 Å². The van der Waals surface area contributed by atoms with Crippen molar-refractivity contribution in [3.63, 3.8) is 0 Å². The van der Waals surface area contributed by atoms with Gasteiger partial charge in [-0.3, -0.25) is 14.5 Å². The molecule has 4 rings (SSSR count). The molecule has 3 aromatic rings. The zero-order valence-corrected chi connectivity index (χ0v) is 20.5. The highest BCUT2D eigenvalue weighted by Gasteiger charge is 2.23. The molecule has 0 aromatic heterocycles. The number of rotatable bonds is 8. The van der Waals surface area contributed by atoms with E-state index in [0.29, 0.717) is 16.3 Å². The quantitative estimate of drug-likeness (QED) is 0.497. The summed E-state index contributed by atoms with van der Waals surface area (Å²) >= 11 is 7.74. The van der Waals surface area contributed by atoms with Crippen LogP contribution in [0.5, 0.6) is 0 Å². The number of carbonyl (C=O) groups is 2. The van der Waals surface area contributed by atoms with Crippen molar-refractivity contribution in [2.24, 2.45) is 5.73 Å². The Labute approximate surface area is 209 Å². The van der Waals surface area contributed by atoms with Crippen molar-refractivity contribution in [2.45, 2.75) is 11.8 Å². The summed E-state index contributed by atoms with van der Waals surface area (Å²) in [6.07, 6.45) is 0. The lowest BCUT2D eigenvalue weighted by Crippen LogP contribution is -2.48. The van der Waals surface area contributed by atoms with Gasteiger partial charge in [-0.25, -0.2) is 0 Å². The molecule has 1 fully saturated rings. The predicted molar refractivity (Wildman–Crippen MR) is 139 cm³/mol. The molecule has 2 N–H and O–H groups in total. The first-order valence-corrected chi connectivity index (χ1v) is 12.7. The second kappa shape index (κ2) is 11.6. The zero-order chi connectivity index (χ0) is 23.9. The van der Waals surface area contributed by atoms with Gasteiger partial charge in [-0.1, -0.05) is 66.2 Å². The average Bonchev–Trinajstić information content (AvgIpc) is 2.86. The average molecular weight is 494 g/mol. The van der Waals surface area contributed by atoms with Crippen LogP contribution in [-0.2, 0) is 11.3 Å². The number of hydrogen-bond donors (Lipinski definition) is 1. The van der Waals surface area contributed by atoms with Crippen LogP contribution in [0.15, 0.2) is 78.9 Å². The van der Waals surface area contributed by atoms with Crippen LogP contribution >= 0.6 is 23.4 Å². The molecular formula is C27H28ClN3O2S. The van der Waals surface area contributed by atoms with Crippen molar-refractivity contribution in [2.75, 3.05) is 31.9 Å². The van der Waals surface area contributed by atoms with Crippen LogP contribution < -0.4 is 5.73 Å². The fourth-order valence-corrected chi connectivity index (χ4v) is 5.40. The summed E-state index contributed by atoms with van der Waals surface area (Å²) in [6.45, 7) is 3.88. The first kappa shape index (κ1) is 24.3. The summed E-state index contributed by atoms with van der Waals surface area (Å²) < 4.78 is 0. The minimum Gasteiger partial charge on any atom is -0.366 e. The third kappa shape index (κ3) is 6.41. The van der Waals surface area contributed by atoms with E-state index in [1.54, 1.807) is 23.9 Å². The van der Waals surface area contributed by atoms with E-state index in [9.17, 15) is 9.59 Å². The summed E-state index contributed by atoms with van der Waals surface area (Å²) in [6, 6.07) is 25.5. The van der Waals surface area contributed by atoms with Gasteiger partial charge in [0.15, 0.2) is 0 Å². The molecule has 5 nitrogen and oxygen atoms in total. The number of amides is 2. The highest BCUT2D eigenvalue weighted by atomic mass is 35.5. The van der Waals surface area contributed by atoms with E-state index in [0.717, 1.165) is 43.9 Å². The molecule has 3 aromatic carbocycles. The highest BCUT2D eigenvalue weighted by molar-refractivity contribution is 8.00. The summed E-state index contributed by atoms with van der Waals surface area (Å²) in [7, 11) is 0. The molecule has 2 amide bonds. The molecule has 0 aliphatic carbocycles. The molecule has 1 aliphatic heterocycles. The maximum absolute atomic E-state index is 13.0. The van der Waals surface area contributed by atoms with Crippen molar-refractivity contribution in [3.8, 4) is 0 Å². The molecule has 1 atom stereocenters. The minimum atomic E-state index is -0.415. The summed E-state index contributed by atoms with van der Waals surface area (Å²) in [5.41, 5.74) is 9.28. The first-order valence-electron chi connectivity index (χ1n) is 11.3. The van der Waals surface area contributed by atoms with Gasteiger partial charge in [-0.2, -0.15) is 0 Å². The molecule has 0 bridgehead atoms. The van der Waals surface area contributed by atoms with Crippen LogP contribution in [0.25, 0.3) is 0 Å². The number of nitrogens with two attached hydrogens (primary N) is 1. The van der Waals surface area contributed by atoms with Gasteiger partial charge in [0.25, 0.3) is 0 Å². The van der Waals surface area contributed by atoms with Crippen LogP contribution in [0.2, 0.25) is 5.02 Å². The Morgan fingerprint density at radius 2 is 1.47 bits per heavy atom. The number of hydrogen-bond acceptors (Lipinski definition) is 4. The zero-order valence-electron chi connectivity index (χ0n) is 18.9. The molecule has 1 unspecified atom stereocenters. The van der Waals surface area contributed by atoms with E-state index in [4.69, 9.17) is 17.3 Å². The van der Waals surface area contributed by atoms with Crippen molar-refractivity contribution >= 4 is 35.2 Å². The van der Waals surface area contributed by atoms with Crippen LogP contribution in [0, 0.1) is 0 Å². The summed E-state index contributed by atoms with van der Waals surface area (Å²) in [5.74, 6) is 0.184. The Balaban J connectivity index is 1.31. The number of carbonyl (C=O) groups excluding carboxylic acids is 2. The van der Waals surface area contributed by atoms with Gasteiger partial charge in [0.2, 0.25) is 11.8 Å². The number of thioether (sulfide) groups is 1. The Bertz CT molecular complexity index is 1100. The number of halogens is 1. The Hall–Kier alpha value is -2.80. The van der Waals surface area contributed by atoms with Crippen molar-refractivity contribution in [1.29, 1.82) is 0 Å². The monoisotopic (exact) mass is 493 g/mol. The smallest absolute Gasteiger partial charge is 0.248 e. The van der Waals surface area contributed by atoms with Crippen LogP contribution in [0.3, 0.4) is 0 Å². The van der Waals surface area contributed by atoms with E-state index in [1.165, 1.54) is 5.56 Å². The molecule has 1 aliphatic rings. The van der Waals surface area contributed by atoms with Gasteiger partial charge in [0.1, 0.15) is 0 Å². The number of nitrogens with zero attached hydrogens (tertiary/aromatic N) is 2. The van der Waals surface area contributed by atoms with Gasteiger partial charge in [0, 0.05) is 43.3 Å². The fraction of sp³-hybridized carbons (Fsp3) is 0.259. The molecule has 0 saturated carbocycles. The first-order chi connectivity index (χ1) is 16.5. The van der Waals surface area contributed by atoms with E-state index >= 15 is 0 Å². The van der Waals surface area contributed by atoms with Crippen molar-refractivity contribution in [1.82, 2.24) is 9.80 Å². The number of primary amides is 1. The van der Waals surface area contributed by atoms with Crippen molar-refractivity contribution < 1.29 is 9.59 Å². The van der Waals surface area contributed by atoms with Crippen LogP contribution in [0.4, 0.5) is 0 Å². The summed E-state index contributed by atoms with van der Waals surface area (Å²) in [5, 5.41) is 0.783. The van der Waals surface area contributed by atoms with E-state index in [2.05, 4.69) is 17.0 Å². The van der Waals surface area contributed by atoms with E-state index < -0.39 is 5.91 Å². The van der Waals surface area contributed by atoms with Crippen LogP contribution in [-0.4, -0.2) is 53.5 Å². The van der Waals surface area contributed by atoms with Gasteiger partial charge in [0.05, 0.1) is 11.0 Å². The van der Waals surface area contributed by atoms with Crippen LogP contribution in [0.1, 0.15) is 32.3 Å². The number of piperazine rings is 1. The van der Waals surface area contributed by atoms with Gasteiger partial charge < -0.3 is 10.6 Å². The van der Waals surface area contributed by atoms with Gasteiger partial charge in [-0.15, -0.1) is 11.8 Å².